The number of benzene rings is 2. The number of pyridine rings is 1. The Labute approximate surface area is 160 Å². The zero-order valence-corrected chi connectivity index (χ0v) is 15.1. The van der Waals surface area contributed by atoms with Crippen LogP contribution >= 0.6 is 11.6 Å². The molecule has 0 radical (unpaired) electrons. The molecule has 0 aliphatic carbocycles. The summed E-state index contributed by atoms with van der Waals surface area (Å²) in [6.07, 6.45) is 4.27. The molecule has 3 heterocycles. The molecule has 0 amide bonds. The van der Waals surface area contributed by atoms with Crippen LogP contribution in [0.15, 0.2) is 65.8 Å². The van der Waals surface area contributed by atoms with Crippen LogP contribution < -0.4 is 10.5 Å². The van der Waals surface area contributed by atoms with Crippen LogP contribution in [0.1, 0.15) is 5.56 Å². The summed E-state index contributed by atoms with van der Waals surface area (Å²) < 4.78 is 0. The molecule has 0 fully saturated rings. The van der Waals surface area contributed by atoms with Gasteiger partial charge in [-0.25, -0.2) is 9.97 Å². The van der Waals surface area contributed by atoms with Crippen LogP contribution in [0.2, 0.25) is 5.02 Å². The van der Waals surface area contributed by atoms with Gasteiger partial charge in [-0.2, -0.15) is 0 Å². The van der Waals surface area contributed by atoms with E-state index in [0.29, 0.717) is 5.02 Å². The normalized spacial score (nSPS) is 13.1. The van der Waals surface area contributed by atoms with Crippen LogP contribution in [0.5, 0.6) is 0 Å². The number of hydrogen-bond acceptors (Lipinski definition) is 4. The van der Waals surface area contributed by atoms with Crippen molar-refractivity contribution in [3.05, 3.63) is 82.0 Å². The van der Waals surface area contributed by atoms with E-state index < -0.39 is 0 Å². The Hall–Kier alpha value is -3.18. The highest BCUT2D eigenvalue weighted by atomic mass is 35.5. The van der Waals surface area contributed by atoms with Crippen LogP contribution in [0.25, 0.3) is 22.0 Å². The van der Waals surface area contributed by atoms with Crippen LogP contribution in [-0.2, 0) is 6.42 Å². The molecule has 0 bridgehead atoms. The zero-order valence-electron chi connectivity index (χ0n) is 14.3. The number of halogens is 1. The van der Waals surface area contributed by atoms with Gasteiger partial charge in [0.05, 0.1) is 5.52 Å². The summed E-state index contributed by atoms with van der Waals surface area (Å²) in [5, 5.41) is 1.68. The van der Waals surface area contributed by atoms with Crippen molar-refractivity contribution in [2.24, 2.45) is 0 Å². The number of aromatic amines is 1. The number of nitrogens with zero attached hydrogens (tertiary/aromatic N) is 3. The van der Waals surface area contributed by atoms with Crippen molar-refractivity contribution in [2.75, 3.05) is 11.4 Å². The third-order valence-corrected chi connectivity index (χ3v) is 5.17. The fraction of sp³-hybridized carbons (Fsp3) is 0.0952. The van der Waals surface area contributed by atoms with E-state index in [1.165, 1.54) is 11.6 Å². The van der Waals surface area contributed by atoms with Gasteiger partial charge in [-0.05, 0) is 53.4 Å². The molecule has 1 N–H and O–H groups in total. The molecule has 0 saturated carbocycles. The number of anilines is 2. The van der Waals surface area contributed by atoms with Crippen molar-refractivity contribution in [3.63, 3.8) is 0 Å². The van der Waals surface area contributed by atoms with Gasteiger partial charge >= 0.3 is 0 Å². The number of fused-ring (bicyclic) bond motifs is 2. The number of hydrogen-bond donors (Lipinski definition) is 1. The highest BCUT2D eigenvalue weighted by Crippen LogP contribution is 2.38. The van der Waals surface area contributed by atoms with Gasteiger partial charge in [0.15, 0.2) is 0 Å². The topological polar surface area (TPSA) is 61.9 Å². The quantitative estimate of drug-likeness (QED) is 0.567. The molecule has 4 aromatic rings. The summed E-state index contributed by atoms with van der Waals surface area (Å²) in [6, 6.07) is 15.4. The van der Waals surface area contributed by atoms with E-state index in [1.807, 2.05) is 30.3 Å². The summed E-state index contributed by atoms with van der Waals surface area (Å²) in [7, 11) is 0. The second kappa shape index (κ2) is 6.21. The largest absolute Gasteiger partial charge is 0.328 e. The predicted molar refractivity (Wildman–Crippen MR) is 108 cm³/mol. The van der Waals surface area contributed by atoms with Gasteiger partial charge in [0.25, 0.3) is 0 Å². The van der Waals surface area contributed by atoms with E-state index in [1.54, 1.807) is 12.5 Å². The molecule has 2 aromatic carbocycles. The van der Waals surface area contributed by atoms with Crippen LogP contribution in [0, 0.1) is 0 Å². The first-order chi connectivity index (χ1) is 13.2. The minimum Gasteiger partial charge on any atom is -0.328 e. The van der Waals surface area contributed by atoms with Crippen molar-refractivity contribution in [1.82, 2.24) is 15.0 Å². The Morgan fingerprint density at radius 1 is 1.00 bits per heavy atom. The molecule has 6 heteroatoms. The molecule has 132 valence electrons. The maximum absolute atomic E-state index is 11.3. The van der Waals surface area contributed by atoms with E-state index in [9.17, 15) is 4.79 Å². The van der Waals surface area contributed by atoms with E-state index >= 15 is 0 Å². The first-order valence-electron chi connectivity index (χ1n) is 8.69. The van der Waals surface area contributed by atoms with Crippen molar-refractivity contribution in [1.29, 1.82) is 0 Å². The molecule has 5 rings (SSSR count). The number of H-pyrrole nitrogens is 1. The second-order valence-corrected chi connectivity index (χ2v) is 6.98. The minimum absolute atomic E-state index is 0.117. The summed E-state index contributed by atoms with van der Waals surface area (Å²) >= 11 is 6.22. The molecular formula is C21H15ClN4O. The number of nitrogens with one attached hydrogen (secondary N) is 1. The summed E-state index contributed by atoms with van der Waals surface area (Å²) in [5.41, 5.74) is 5.06. The van der Waals surface area contributed by atoms with Crippen molar-refractivity contribution in [3.8, 4) is 11.1 Å². The smallest absolute Gasteiger partial charge is 0.247 e. The molecule has 0 saturated heterocycles. The van der Waals surface area contributed by atoms with Gasteiger partial charge in [0.2, 0.25) is 5.56 Å². The van der Waals surface area contributed by atoms with E-state index in [4.69, 9.17) is 11.6 Å². The lowest BCUT2D eigenvalue weighted by Gasteiger charge is -2.20. The third kappa shape index (κ3) is 2.76. The van der Waals surface area contributed by atoms with E-state index in [0.717, 1.165) is 46.5 Å². The monoisotopic (exact) mass is 374 g/mol. The van der Waals surface area contributed by atoms with Gasteiger partial charge in [-0.15, -0.1) is 0 Å². The first-order valence-corrected chi connectivity index (χ1v) is 9.07. The average molecular weight is 375 g/mol. The lowest BCUT2D eigenvalue weighted by molar-refractivity contribution is 0.975. The van der Waals surface area contributed by atoms with Crippen molar-refractivity contribution < 1.29 is 0 Å². The molecule has 27 heavy (non-hydrogen) atoms. The van der Waals surface area contributed by atoms with Crippen molar-refractivity contribution in [2.45, 2.75) is 6.42 Å². The lowest BCUT2D eigenvalue weighted by Crippen LogP contribution is -2.15. The Kier molecular flexibility index (Phi) is 3.69. The molecule has 1 aliphatic heterocycles. The average Bonchev–Trinajstić information content (AvgIpc) is 3.10. The fourth-order valence-electron chi connectivity index (χ4n) is 3.60. The highest BCUT2D eigenvalue weighted by Gasteiger charge is 2.23. The predicted octanol–water partition coefficient (Wildman–Crippen LogP) is 4.33. The molecular weight excluding hydrogens is 360 g/mol. The van der Waals surface area contributed by atoms with Gasteiger partial charge in [-0.3, -0.25) is 4.79 Å². The van der Waals surface area contributed by atoms with Crippen LogP contribution in [0.3, 0.4) is 0 Å². The standard InChI is InChI=1S/C21H15ClN4O/c22-16-4-1-13-7-8-26(19(13)10-16)21-17-9-14(2-5-18(17)24-12-25-21)15-3-6-20(27)23-11-15/h1-6,9-12H,7-8H2,(H,23,27). The molecule has 0 atom stereocenters. The van der Waals surface area contributed by atoms with Gasteiger partial charge in [-0.1, -0.05) is 23.7 Å². The number of aromatic nitrogens is 3. The fourth-order valence-corrected chi connectivity index (χ4v) is 3.77. The summed E-state index contributed by atoms with van der Waals surface area (Å²) in [4.78, 5) is 25.3. The van der Waals surface area contributed by atoms with Crippen LogP contribution in [0.4, 0.5) is 11.5 Å². The van der Waals surface area contributed by atoms with Gasteiger partial charge in [0, 0.05) is 34.9 Å². The Morgan fingerprint density at radius 3 is 2.74 bits per heavy atom. The third-order valence-electron chi connectivity index (χ3n) is 4.93. The number of rotatable bonds is 2. The minimum atomic E-state index is -0.117. The molecule has 0 unspecified atom stereocenters. The molecule has 0 spiro atoms. The SMILES string of the molecule is O=c1ccc(-c2ccc3ncnc(N4CCc5ccc(Cl)cc54)c3c2)c[nH]1. The van der Waals surface area contributed by atoms with Crippen molar-refractivity contribution >= 4 is 34.0 Å². The second-order valence-electron chi connectivity index (χ2n) is 6.55. The molecule has 2 aromatic heterocycles. The van der Waals surface area contributed by atoms with E-state index in [-0.39, 0.29) is 5.56 Å². The Balaban J connectivity index is 1.68. The molecule has 5 nitrogen and oxygen atoms in total. The van der Waals surface area contributed by atoms with Crippen LogP contribution in [-0.4, -0.2) is 21.5 Å². The Morgan fingerprint density at radius 2 is 1.89 bits per heavy atom. The van der Waals surface area contributed by atoms with E-state index in [2.05, 4.69) is 32.0 Å². The van der Waals surface area contributed by atoms with Gasteiger partial charge in [0.1, 0.15) is 12.1 Å². The lowest BCUT2D eigenvalue weighted by atomic mass is 10.0. The highest BCUT2D eigenvalue weighted by molar-refractivity contribution is 6.31. The summed E-state index contributed by atoms with van der Waals surface area (Å²) in [6.45, 7) is 0.852. The summed E-state index contributed by atoms with van der Waals surface area (Å²) in [5.74, 6) is 0.868. The zero-order chi connectivity index (χ0) is 18.4. The van der Waals surface area contributed by atoms with Gasteiger partial charge < -0.3 is 9.88 Å². The molecule has 1 aliphatic rings. The Bertz CT molecular complexity index is 1210. The maximum Gasteiger partial charge on any atom is 0.247 e. The first kappa shape index (κ1) is 16.0. The maximum atomic E-state index is 11.3.